The molecule has 0 bridgehead atoms. The van der Waals surface area contributed by atoms with Crippen LogP contribution in [-0.4, -0.2) is 4.98 Å². The van der Waals surface area contributed by atoms with Crippen molar-refractivity contribution in [2.75, 3.05) is 0 Å². The predicted molar refractivity (Wildman–Crippen MR) is 62.1 cm³/mol. The molecule has 3 rings (SSSR count). The number of benzene rings is 1. The molecular weight excluding hydrogens is 206 g/mol. The summed E-state index contributed by atoms with van der Waals surface area (Å²) in [5, 5.41) is 2.02. The van der Waals surface area contributed by atoms with Gasteiger partial charge < -0.3 is 4.42 Å². The fourth-order valence-electron chi connectivity index (χ4n) is 1.54. The summed E-state index contributed by atoms with van der Waals surface area (Å²) in [6.07, 6.45) is 0. The number of rotatable bonds is 1. The fourth-order valence-corrected chi connectivity index (χ4v) is 2.19. The number of thiophene rings is 1. The van der Waals surface area contributed by atoms with Crippen molar-refractivity contribution in [2.24, 2.45) is 0 Å². The van der Waals surface area contributed by atoms with Gasteiger partial charge >= 0.3 is 0 Å². The SMILES string of the molecule is Cc1ccc2nc(-c3cccs3)oc2c1. The zero-order valence-electron chi connectivity index (χ0n) is 8.23. The zero-order chi connectivity index (χ0) is 10.3. The summed E-state index contributed by atoms with van der Waals surface area (Å²) in [7, 11) is 0. The molecule has 74 valence electrons. The first-order chi connectivity index (χ1) is 7.33. The Labute approximate surface area is 91.2 Å². The lowest BCUT2D eigenvalue weighted by Crippen LogP contribution is -1.71. The maximum absolute atomic E-state index is 5.69. The van der Waals surface area contributed by atoms with E-state index in [-0.39, 0.29) is 0 Å². The van der Waals surface area contributed by atoms with Crippen molar-refractivity contribution >= 4 is 22.4 Å². The number of aromatic nitrogens is 1. The van der Waals surface area contributed by atoms with E-state index in [0.29, 0.717) is 5.89 Å². The molecule has 0 unspecified atom stereocenters. The van der Waals surface area contributed by atoms with E-state index in [2.05, 4.69) is 4.98 Å². The molecule has 0 aliphatic carbocycles. The molecule has 0 atom stereocenters. The molecule has 2 aromatic heterocycles. The summed E-state index contributed by atoms with van der Waals surface area (Å²) >= 11 is 1.64. The van der Waals surface area contributed by atoms with E-state index >= 15 is 0 Å². The second-order valence-electron chi connectivity index (χ2n) is 3.47. The Morgan fingerprint density at radius 2 is 2.20 bits per heavy atom. The average Bonchev–Trinajstić information content (AvgIpc) is 2.84. The van der Waals surface area contributed by atoms with Crippen molar-refractivity contribution in [1.29, 1.82) is 0 Å². The van der Waals surface area contributed by atoms with Gasteiger partial charge in [-0.15, -0.1) is 11.3 Å². The van der Waals surface area contributed by atoms with Crippen molar-refractivity contribution in [3.05, 3.63) is 41.3 Å². The fraction of sp³-hybridized carbons (Fsp3) is 0.0833. The molecule has 0 aliphatic heterocycles. The Kier molecular flexibility index (Phi) is 1.86. The van der Waals surface area contributed by atoms with E-state index in [4.69, 9.17) is 4.42 Å². The summed E-state index contributed by atoms with van der Waals surface area (Å²) in [4.78, 5) is 5.51. The molecule has 0 spiro atoms. The van der Waals surface area contributed by atoms with Gasteiger partial charge in [0.05, 0.1) is 4.88 Å². The van der Waals surface area contributed by atoms with Crippen LogP contribution < -0.4 is 0 Å². The van der Waals surface area contributed by atoms with Gasteiger partial charge in [-0.25, -0.2) is 4.98 Å². The second kappa shape index (κ2) is 3.21. The minimum Gasteiger partial charge on any atom is -0.435 e. The zero-order valence-corrected chi connectivity index (χ0v) is 9.04. The Bertz CT molecular complexity index is 595. The normalized spacial score (nSPS) is 11.0. The van der Waals surface area contributed by atoms with E-state index in [1.807, 2.05) is 42.6 Å². The minimum absolute atomic E-state index is 0.714. The highest BCUT2D eigenvalue weighted by Crippen LogP contribution is 2.27. The highest BCUT2D eigenvalue weighted by Gasteiger charge is 2.08. The summed E-state index contributed by atoms with van der Waals surface area (Å²) in [6, 6.07) is 10.1. The monoisotopic (exact) mass is 215 g/mol. The highest BCUT2D eigenvalue weighted by atomic mass is 32.1. The van der Waals surface area contributed by atoms with Gasteiger partial charge in [-0.1, -0.05) is 12.1 Å². The van der Waals surface area contributed by atoms with Crippen LogP contribution in [-0.2, 0) is 0 Å². The molecule has 2 heterocycles. The van der Waals surface area contributed by atoms with Crippen LogP contribution in [0.2, 0.25) is 0 Å². The molecule has 0 fully saturated rings. The Morgan fingerprint density at radius 1 is 1.27 bits per heavy atom. The van der Waals surface area contributed by atoms with E-state index in [1.54, 1.807) is 11.3 Å². The molecule has 3 aromatic rings. The lowest BCUT2D eigenvalue weighted by atomic mass is 10.2. The van der Waals surface area contributed by atoms with Crippen LogP contribution in [0.5, 0.6) is 0 Å². The third kappa shape index (κ3) is 1.45. The topological polar surface area (TPSA) is 26.0 Å². The van der Waals surface area contributed by atoms with Crippen LogP contribution in [0.15, 0.2) is 40.1 Å². The number of fused-ring (bicyclic) bond motifs is 1. The minimum atomic E-state index is 0.714. The summed E-state index contributed by atoms with van der Waals surface area (Å²) in [5.74, 6) is 0.714. The first-order valence-electron chi connectivity index (χ1n) is 4.74. The largest absolute Gasteiger partial charge is 0.435 e. The van der Waals surface area contributed by atoms with E-state index in [9.17, 15) is 0 Å². The summed E-state index contributed by atoms with van der Waals surface area (Å²) in [5.41, 5.74) is 2.97. The lowest BCUT2D eigenvalue weighted by Gasteiger charge is -1.88. The van der Waals surface area contributed by atoms with Gasteiger partial charge in [-0.3, -0.25) is 0 Å². The molecule has 0 saturated carbocycles. The van der Waals surface area contributed by atoms with Gasteiger partial charge in [0.2, 0.25) is 5.89 Å². The van der Waals surface area contributed by atoms with Gasteiger partial charge in [-0.2, -0.15) is 0 Å². The van der Waals surface area contributed by atoms with Crippen molar-refractivity contribution < 1.29 is 4.42 Å². The number of hydrogen-bond donors (Lipinski definition) is 0. The number of aryl methyl sites for hydroxylation is 1. The standard InChI is InChI=1S/C12H9NOS/c1-8-4-5-9-10(7-8)14-12(13-9)11-3-2-6-15-11/h2-7H,1H3. The second-order valence-corrected chi connectivity index (χ2v) is 4.42. The third-order valence-corrected chi connectivity index (χ3v) is 3.13. The molecule has 15 heavy (non-hydrogen) atoms. The Hall–Kier alpha value is -1.61. The van der Waals surface area contributed by atoms with E-state index in [0.717, 1.165) is 16.0 Å². The summed E-state index contributed by atoms with van der Waals surface area (Å²) in [6.45, 7) is 2.05. The molecular formula is C12H9NOS. The number of hydrogen-bond acceptors (Lipinski definition) is 3. The van der Waals surface area contributed by atoms with Crippen molar-refractivity contribution in [2.45, 2.75) is 6.92 Å². The van der Waals surface area contributed by atoms with Crippen LogP contribution in [0.3, 0.4) is 0 Å². The van der Waals surface area contributed by atoms with E-state index in [1.165, 1.54) is 5.56 Å². The van der Waals surface area contributed by atoms with Gasteiger partial charge in [0.25, 0.3) is 0 Å². The van der Waals surface area contributed by atoms with Gasteiger partial charge in [-0.05, 0) is 36.1 Å². The highest BCUT2D eigenvalue weighted by molar-refractivity contribution is 7.13. The summed E-state index contributed by atoms with van der Waals surface area (Å²) < 4.78 is 5.69. The predicted octanol–water partition coefficient (Wildman–Crippen LogP) is 3.86. The van der Waals surface area contributed by atoms with Crippen molar-refractivity contribution in [3.8, 4) is 10.8 Å². The first kappa shape index (κ1) is 8.68. The molecule has 0 N–H and O–H groups in total. The smallest absolute Gasteiger partial charge is 0.237 e. The Balaban J connectivity index is 2.22. The lowest BCUT2D eigenvalue weighted by molar-refractivity contribution is 0.621. The van der Waals surface area contributed by atoms with E-state index < -0.39 is 0 Å². The van der Waals surface area contributed by atoms with Crippen LogP contribution in [0, 0.1) is 6.92 Å². The van der Waals surface area contributed by atoms with Crippen LogP contribution >= 0.6 is 11.3 Å². The first-order valence-corrected chi connectivity index (χ1v) is 5.62. The molecule has 1 aromatic carbocycles. The molecule has 0 saturated heterocycles. The Morgan fingerprint density at radius 3 is 3.00 bits per heavy atom. The molecule has 3 heteroatoms. The maximum Gasteiger partial charge on any atom is 0.237 e. The number of oxazole rings is 1. The maximum atomic E-state index is 5.69. The average molecular weight is 215 g/mol. The number of nitrogens with zero attached hydrogens (tertiary/aromatic N) is 1. The van der Waals surface area contributed by atoms with Gasteiger partial charge in [0.1, 0.15) is 5.52 Å². The third-order valence-electron chi connectivity index (χ3n) is 2.28. The molecule has 0 amide bonds. The molecule has 2 nitrogen and oxygen atoms in total. The van der Waals surface area contributed by atoms with Crippen molar-refractivity contribution in [1.82, 2.24) is 4.98 Å². The van der Waals surface area contributed by atoms with Crippen LogP contribution in [0.1, 0.15) is 5.56 Å². The van der Waals surface area contributed by atoms with Gasteiger partial charge in [0, 0.05) is 0 Å². The van der Waals surface area contributed by atoms with Crippen molar-refractivity contribution in [3.63, 3.8) is 0 Å². The van der Waals surface area contributed by atoms with Crippen LogP contribution in [0.4, 0.5) is 0 Å². The van der Waals surface area contributed by atoms with Gasteiger partial charge in [0.15, 0.2) is 5.58 Å². The molecule has 0 radical (unpaired) electrons. The van der Waals surface area contributed by atoms with Crippen LogP contribution in [0.25, 0.3) is 21.9 Å². The quantitative estimate of drug-likeness (QED) is 0.616. The molecule has 0 aliphatic rings.